The summed E-state index contributed by atoms with van der Waals surface area (Å²) in [6.45, 7) is 1.66. The summed E-state index contributed by atoms with van der Waals surface area (Å²) in [5, 5.41) is 2.94. The van der Waals surface area contributed by atoms with Crippen molar-refractivity contribution in [2.45, 2.75) is 19.8 Å². The Kier molecular flexibility index (Phi) is 5.21. The van der Waals surface area contributed by atoms with Gasteiger partial charge in [-0.25, -0.2) is 14.2 Å². The van der Waals surface area contributed by atoms with Crippen molar-refractivity contribution < 1.29 is 18.7 Å². The van der Waals surface area contributed by atoms with E-state index in [-0.39, 0.29) is 18.1 Å². The molecule has 1 aromatic carbocycles. The van der Waals surface area contributed by atoms with Crippen molar-refractivity contribution in [2.75, 3.05) is 12.4 Å². The SMILES string of the molecule is COC(=O)c1sc(NC(=O)CCc2ccccc2F)nc1C. The predicted octanol–water partition coefficient (Wildman–Crippen LogP) is 2.95. The molecule has 1 aromatic heterocycles. The molecule has 22 heavy (non-hydrogen) atoms. The smallest absolute Gasteiger partial charge is 0.350 e. The van der Waals surface area contributed by atoms with Gasteiger partial charge in [-0.3, -0.25) is 4.79 Å². The first-order chi connectivity index (χ1) is 10.5. The second-order valence-corrected chi connectivity index (χ2v) is 5.56. The summed E-state index contributed by atoms with van der Waals surface area (Å²) in [5.74, 6) is -1.09. The molecule has 7 heteroatoms. The zero-order valence-corrected chi connectivity index (χ0v) is 13.0. The van der Waals surface area contributed by atoms with Gasteiger partial charge in [-0.1, -0.05) is 29.5 Å². The molecule has 1 N–H and O–H groups in total. The van der Waals surface area contributed by atoms with Crippen molar-refractivity contribution >= 4 is 28.3 Å². The van der Waals surface area contributed by atoms with Crippen molar-refractivity contribution in [3.63, 3.8) is 0 Å². The van der Waals surface area contributed by atoms with E-state index in [1.807, 2.05) is 0 Å². The van der Waals surface area contributed by atoms with E-state index in [2.05, 4.69) is 15.0 Å². The normalized spacial score (nSPS) is 10.3. The summed E-state index contributed by atoms with van der Waals surface area (Å²) >= 11 is 1.05. The molecule has 0 spiro atoms. The number of nitrogens with one attached hydrogen (secondary N) is 1. The van der Waals surface area contributed by atoms with Crippen LogP contribution < -0.4 is 5.32 Å². The van der Waals surface area contributed by atoms with Gasteiger partial charge < -0.3 is 10.1 Å². The second kappa shape index (κ2) is 7.13. The molecule has 0 fully saturated rings. The fraction of sp³-hybridized carbons (Fsp3) is 0.267. The fourth-order valence-corrected chi connectivity index (χ4v) is 2.76. The third kappa shape index (κ3) is 3.88. The minimum absolute atomic E-state index is 0.132. The molecule has 1 amide bonds. The van der Waals surface area contributed by atoms with E-state index in [0.29, 0.717) is 27.7 Å². The molecule has 0 bridgehead atoms. The first-order valence-corrected chi connectivity index (χ1v) is 7.42. The van der Waals surface area contributed by atoms with Gasteiger partial charge in [-0.15, -0.1) is 0 Å². The summed E-state index contributed by atoms with van der Waals surface area (Å²) in [6, 6.07) is 6.33. The fourth-order valence-electron chi connectivity index (χ4n) is 1.86. The van der Waals surface area contributed by atoms with Crippen LogP contribution in [0.3, 0.4) is 0 Å². The lowest BCUT2D eigenvalue weighted by Crippen LogP contribution is -2.12. The summed E-state index contributed by atoms with van der Waals surface area (Å²) in [5.41, 5.74) is 0.990. The van der Waals surface area contributed by atoms with Crippen LogP contribution in [0.2, 0.25) is 0 Å². The quantitative estimate of drug-likeness (QED) is 0.859. The highest BCUT2D eigenvalue weighted by Crippen LogP contribution is 2.23. The van der Waals surface area contributed by atoms with Crippen molar-refractivity contribution in [3.8, 4) is 0 Å². The third-order valence-corrected chi connectivity index (χ3v) is 4.05. The van der Waals surface area contributed by atoms with Crippen LogP contribution in [0.25, 0.3) is 0 Å². The molecule has 2 rings (SSSR count). The Morgan fingerprint density at radius 3 is 2.77 bits per heavy atom. The molecule has 5 nitrogen and oxygen atoms in total. The van der Waals surface area contributed by atoms with Crippen LogP contribution in [0.1, 0.15) is 27.3 Å². The van der Waals surface area contributed by atoms with Gasteiger partial charge in [0.2, 0.25) is 5.91 Å². The van der Waals surface area contributed by atoms with Crippen LogP contribution in [0.4, 0.5) is 9.52 Å². The van der Waals surface area contributed by atoms with Gasteiger partial charge in [0.25, 0.3) is 0 Å². The second-order valence-electron chi connectivity index (χ2n) is 4.56. The van der Waals surface area contributed by atoms with Gasteiger partial charge in [0.15, 0.2) is 5.13 Å². The van der Waals surface area contributed by atoms with E-state index < -0.39 is 5.97 Å². The van der Waals surface area contributed by atoms with Gasteiger partial charge in [-0.05, 0) is 25.0 Å². The van der Waals surface area contributed by atoms with Gasteiger partial charge >= 0.3 is 5.97 Å². The van der Waals surface area contributed by atoms with Crippen molar-refractivity contribution in [3.05, 3.63) is 46.2 Å². The Morgan fingerprint density at radius 2 is 2.09 bits per heavy atom. The molecule has 0 unspecified atom stereocenters. The number of anilines is 1. The minimum Gasteiger partial charge on any atom is -0.465 e. The molecular formula is C15H15FN2O3S. The average molecular weight is 322 g/mol. The van der Waals surface area contributed by atoms with Crippen LogP contribution in [0, 0.1) is 12.7 Å². The summed E-state index contributed by atoms with van der Waals surface area (Å²) in [7, 11) is 1.29. The maximum Gasteiger partial charge on any atom is 0.350 e. The van der Waals surface area contributed by atoms with Crippen molar-refractivity contribution in [1.29, 1.82) is 0 Å². The number of halogens is 1. The number of nitrogens with zero attached hydrogens (tertiary/aromatic N) is 1. The summed E-state index contributed by atoms with van der Waals surface area (Å²) in [6.07, 6.45) is 0.430. The van der Waals surface area contributed by atoms with Crippen molar-refractivity contribution in [2.24, 2.45) is 0 Å². The van der Waals surface area contributed by atoms with E-state index in [1.54, 1.807) is 25.1 Å². The lowest BCUT2D eigenvalue weighted by Gasteiger charge is -2.03. The van der Waals surface area contributed by atoms with E-state index in [4.69, 9.17) is 0 Å². The van der Waals surface area contributed by atoms with E-state index in [1.165, 1.54) is 13.2 Å². The Bertz CT molecular complexity index is 700. The number of thiazole rings is 1. The lowest BCUT2D eigenvalue weighted by atomic mass is 10.1. The number of hydrogen-bond acceptors (Lipinski definition) is 5. The number of amides is 1. The highest BCUT2D eigenvalue weighted by atomic mass is 32.1. The predicted molar refractivity (Wildman–Crippen MR) is 81.5 cm³/mol. The van der Waals surface area contributed by atoms with Gasteiger partial charge in [-0.2, -0.15) is 0 Å². The first-order valence-electron chi connectivity index (χ1n) is 6.60. The van der Waals surface area contributed by atoms with Crippen LogP contribution >= 0.6 is 11.3 Å². The number of esters is 1. The molecular weight excluding hydrogens is 307 g/mol. The zero-order valence-electron chi connectivity index (χ0n) is 12.2. The summed E-state index contributed by atoms with van der Waals surface area (Å²) in [4.78, 5) is 27.8. The molecule has 0 saturated carbocycles. The molecule has 2 aromatic rings. The number of carbonyl (C=O) groups excluding carboxylic acids is 2. The van der Waals surface area contributed by atoms with Crippen LogP contribution in [0.15, 0.2) is 24.3 Å². The number of aromatic nitrogens is 1. The van der Waals surface area contributed by atoms with Crippen LogP contribution in [-0.2, 0) is 16.0 Å². The van der Waals surface area contributed by atoms with Gasteiger partial charge in [0.1, 0.15) is 10.7 Å². The summed E-state index contributed by atoms with van der Waals surface area (Å²) < 4.78 is 18.1. The number of ether oxygens (including phenoxy) is 1. The molecule has 116 valence electrons. The number of hydrogen-bond donors (Lipinski definition) is 1. The molecule has 0 aliphatic carbocycles. The van der Waals surface area contributed by atoms with Crippen LogP contribution in [0.5, 0.6) is 0 Å². The molecule has 0 saturated heterocycles. The minimum atomic E-state index is -0.484. The zero-order chi connectivity index (χ0) is 16.1. The monoisotopic (exact) mass is 322 g/mol. The first kappa shape index (κ1) is 16.1. The maximum absolute atomic E-state index is 13.5. The number of aryl methyl sites for hydroxylation is 2. The number of benzene rings is 1. The molecule has 0 radical (unpaired) electrons. The topological polar surface area (TPSA) is 68.3 Å². The third-order valence-electron chi connectivity index (χ3n) is 2.99. The Labute approximate surface area is 131 Å². The molecule has 0 aliphatic rings. The van der Waals surface area contributed by atoms with E-state index in [0.717, 1.165) is 11.3 Å². The van der Waals surface area contributed by atoms with Crippen molar-refractivity contribution in [1.82, 2.24) is 4.98 Å². The standard InChI is InChI=1S/C15H15FN2O3S/c1-9-13(14(20)21-2)22-15(17-9)18-12(19)8-7-10-5-3-4-6-11(10)16/h3-6H,7-8H2,1-2H3,(H,17,18,19). The molecule has 0 atom stereocenters. The highest BCUT2D eigenvalue weighted by Gasteiger charge is 2.17. The molecule has 1 heterocycles. The average Bonchev–Trinajstić information content (AvgIpc) is 2.86. The lowest BCUT2D eigenvalue weighted by molar-refractivity contribution is -0.116. The van der Waals surface area contributed by atoms with E-state index in [9.17, 15) is 14.0 Å². The van der Waals surface area contributed by atoms with Gasteiger partial charge in [0, 0.05) is 6.42 Å². The highest BCUT2D eigenvalue weighted by molar-refractivity contribution is 7.17. The Hall–Kier alpha value is -2.28. The van der Waals surface area contributed by atoms with Crippen LogP contribution in [-0.4, -0.2) is 24.0 Å². The number of carbonyl (C=O) groups is 2. The Morgan fingerprint density at radius 1 is 1.36 bits per heavy atom. The van der Waals surface area contributed by atoms with E-state index >= 15 is 0 Å². The largest absolute Gasteiger partial charge is 0.465 e. The maximum atomic E-state index is 13.5. The number of rotatable bonds is 5. The molecule has 0 aliphatic heterocycles. The van der Waals surface area contributed by atoms with Gasteiger partial charge in [0.05, 0.1) is 12.8 Å². The Balaban J connectivity index is 1.95. The number of methoxy groups -OCH3 is 1.